The van der Waals surface area contributed by atoms with Crippen molar-refractivity contribution in [1.82, 2.24) is 24.8 Å². The minimum absolute atomic E-state index is 0.0255. The fraction of sp³-hybridized carbons (Fsp3) is 0.387. The molecule has 0 radical (unpaired) electrons. The van der Waals surface area contributed by atoms with Crippen LogP contribution < -0.4 is 16.2 Å². The number of likely N-dealkylation sites (N-methyl/N-ethyl adjacent to an activating group) is 1. The Kier molecular flexibility index (Phi) is 9.34. The van der Waals surface area contributed by atoms with E-state index < -0.39 is 23.2 Å². The summed E-state index contributed by atoms with van der Waals surface area (Å²) in [6.07, 6.45) is 1.46. The summed E-state index contributed by atoms with van der Waals surface area (Å²) in [4.78, 5) is 51.9. The molecule has 2 aliphatic rings. The Labute approximate surface area is 257 Å². The van der Waals surface area contributed by atoms with Crippen LogP contribution in [-0.4, -0.2) is 75.0 Å². The van der Waals surface area contributed by atoms with Gasteiger partial charge in [0.25, 0.3) is 11.5 Å². The number of allylic oxidation sites excluding steroid dienone is 1. The fourth-order valence-electron chi connectivity index (χ4n) is 5.13. The number of carbonyl (C=O) groups is 2. The Balaban J connectivity index is 1.31. The largest absolute Gasteiger partial charge is 0.416 e. The van der Waals surface area contributed by atoms with Gasteiger partial charge in [0.05, 0.1) is 17.5 Å². The molecule has 2 fully saturated rings. The Morgan fingerprint density at radius 2 is 1.76 bits per heavy atom. The normalized spacial score (nSPS) is 16.2. The second-order valence-corrected chi connectivity index (χ2v) is 11.3. The van der Waals surface area contributed by atoms with E-state index in [0.29, 0.717) is 36.0 Å². The molecule has 1 aliphatic heterocycles. The van der Waals surface area contributed by atoms with E-state index in [1.165, 1.54) is 30.5 Å². The van der Waals surface area contributed by atoms with Crippen molar-refractivity contribution in [2.24, 2.45) is 5.92 Å². The van der Waals surface area contributed by atoms with E-state index in [2.05, 4.69) is 42.3 Å². The number of hydrogen-bond donors (Lipinski definition) is 5. The van der Waals surface area contributed by atoms with Crippen molar-refractivity contribution in [3.8, 4) is 0 Å². The number of nitrogens with zero attached hydrogens (tertiary/aromatic N) is 3. The van der Waals surface area contributed by atoms with Crippen LogP contribution in [0.2, 0.25) is 0 Å². The molecule has 3 aromatic rings. The van der Waals surface area contributed by atoms with Crippen LogP contribution in [-0.2, 0) is 17.5 Å². The van der Waals surface area contributed by atoms with Gasteiger partial charge in [-0.1, -0.05) is 6.92 Å². The number of H-pyrrole nitrogens is 2. The molecule has 11 nitrogen and oxygen atoms in total. The predicted octanol–water partition coefficient (Wildman–Crippen LogP) is 4.24. The summed E-state index contributed by atoms with van der Waals surface area (Å²) < 4.78 is 41.3. The number of nitrogens with one attached hydrogen (secondary N) is 5. The number of benzene rings is 1. The van der Waals surface area contributed by atoms with E-state index in [-0.39, 0.29) is 40.9 Å². The zero-order valence-corrected chi connectivity index (χ0v) is 25.0. The molecule has 1 aliphatic carbocycles. The molecule has 0 unspecified atom stereocenters. The molecule has 1 aromatic carbocycles. The average molecular weight is 625 g/mol. The summed E-state index contributed by atoms with van der Waals surface area (Å²) in [6, 6.07) is 4.64. The van der Waals surface area contributed by atoms with Gasteiger partial charge in [-0.3, -0.25) is 19.3 Å². The molecule has 1 saturated heterocycles. The van der Waals surface area contributed by atoms with Gasteiger partial charge in [0.15, 0.2) is 0 Å². The molecule has 0 bridgehead atoms. The number of alkyl halides is 3. The number of imidazole rings is 1. The van der Waals surface area contributed by atoms with Gasteiger partial charge in [0.1, 0.15) is 17.2 Å². The van der Waals surface area contributed by atoms with Gasteiger partial charge in [-0.05, 0) is 68.3 Å². The third-order valence-corrected chi connectivity index (χ3v) is 7.88. The summed E-state index contributed by atoms with van der Waals surface area (Å²) in [6.45, 7) is 7.90. The summed E-state index contributed by atoms with van der Waals surface area (Å²) in [5.74, 6) is -0.160. The van der Waals surface area contributed by atoms with Crippen molar-refractivity contribution in [2.75, 3.05) is 43.4 Å². The molecule has 0 spiro atoms. The Morgan fingerprint density at radius 1 is 1.04 bits per heavy atom. The molecule has 5 rings (SSSR count). The van der Waals surface area contributed by atoms with E-state index in [0.717, 1.165) is 44.6 Å². The standard InChI is InChI=1S/C31H35F3N8O3/c1-3-41-8-10-42(11-9-41)17-19-12-21(31(32,33)34)14-22(13-19)38-30(45)24-15-23(18(2)37-29(24)44)25(35)6-7-26-36-16-27(39-26)40-28(43)20-4-5-20/h6-7,12-16,20,35H,3-5,8-11,17H2,1-2H3,(H,36,39)(H,37,44)(H,38,45)(H,40,43)/b7-6-,35-25?. The molecule has 2 aromatic heterocycles. The molecule has 238 valence electrons. The van der Waals surface area contributed by atoms with E-state index in [9.17, 15) is 27.6 Å². The number of halogens is 3. The fourth-order valence-corrected chi connectivity index (χ4v) is 5.13. The monoisotopic (exact) mass is 624 g/mol. The van der Waals surface area contributed by atoms with Crippen molar-refractivity contribution in [2.45, 2.75) is 39.4 Å². The van der Waals surface area contributed by atoms with Crippen molar-refractivity contribution in [1.29, 1.82) is 5.41 Å². The SMILES string of the molecule is CCN1CCN(Cc2cc(NC(=O)c3cc(C(=N)/C=C\c4ncc(NC(=O)C5CC5)[nH]4)c(C)[nH]c3=O)cc(C(F)(F)F)c2)CC1. The third kappa shape index (κ3) is 8.13. The summed E-state index contributed by atoms with van der Waals surface area (Å²) in [7, 11) is 0. The minimum atomic E-state index is -4.64. The number of aromatic nitrogens is 3. The molecular weight excluding hydrogens is 589 g/mol. The zero-order chi connectivity index (χ0) is 32.3. The van der Waals surface area contributed by atoms with Crippen LogP contribution in [0.25, 0.3) is 6.08 Å². The van der Waals surface area contributed by atoms with E-state index in [1.807, 2.05) is 0 Å². The van der Waals surface area contributed by atoms with Crippen LogP contribution in [0.1, 0.15) is 58.3 Å². The van der Waals surface area contributed by atoms with Gasteiger partial charge in [-0.15, -0.1) is 0 Å². The van der Waals surface area contributed by atoms with Gasteiger partial charge < -0.3 is 30.9 Å². The second-order valence-electron chi connectivity index (χ2n) is 11.3. The molecule has 1 saturated carbocycles. The maximum Gasteiger partial charge on any atom is 0.416 e. The highest BCUT2D eigenvalue weighted by molar-refractivity contribution is 6.11. The topological polar surface area (TPSA) is 150 Å². The number of carbonyl (C=O) groups excluding carboxylic acids is 2. The lowest BCUT2D eigenvalue weighted by molar-refractivity contribution is -0.137. The first-order valence-electron chi connectivity index (χ1n) is 14.7. The van der Waals surface area contributed by atoms with E-state index >= 15 is 0 Å². The quantitative estimate of drug-likeness (QED) is 0.213. The number of piperazine rings is 1. The number of hydrogen-bond acceptors (Lipinski definition) is 7. The van der Waals surface area contributed by atoms with Crippen molar-refractivity contribution < 1.29 is 22.8 Å². The molecular formula is C31H35F3N8O3. The Hall–Kier alpha value is -4.56. The number of amides is 2. The minimum Gasteiger partial charge on any atom is -0.325 e. The van der Waals surface area contributed by atoms with E-state index in [1.54, 1.807) is 6.92 Å². The van der Waals surface area contributed by atoms with Crippen LogP contribution in [0.3, 0.4) is 0 Å². The number of pyridine rings is 1. The molecule has 0 atom stereocenters. The summed E-state index contributed by atoms with van der Waals surface area (Å²) >= 11 is 0. The number of aryl methyl sites for hydroxylation is 1. The van der Waals surface area contributed by atoms with Crippen molar-refractivity contribution >= 4 is 35.1 Å². The highest BCUT2D eigenvalue weighted by Crippen LogP contribution is 2.33. The first-order chi connectivity index (χ1) is 21.4. The van der Waals surface area contributed by atoms with Gasteiger partial charge in [0, 0.05) is 55.6 Å². The zero-order valence-electron chi connectivity index (χ0n) is 25.0. The van der Waals surface area contributed by atoms with Crippen LogP contribution in [0.15, 0.2) is 41.3 Å². The number of aromatic amines is 2. The third-order valence-electron chi connectivity index (χ3n) is 7.88. The van der Waals surface area contributed by atoms with Crippen LogP contribution in [0, 0.1) is 18.3 Å². The van der Waals surface area contributed by atoms with Crippen molar-refractivity contribution in [3.05, 3.63) is 80.7 Å². The summed E-state index contributed by atoms with van der Waals surface area (Å²) in [5.41, 5.74) is -1.18. The Bertz CT molecular complexity index is 1680. The van der Waals surface area contributed by atoms with Crippen LogP contribution in [0.4, 0.5) is 24.7 Å². The molecule has 45 heavy (non-hydrogen) atoms. The molecule has 5 N–H and O–H groups in total. The van der Waals surface area contributed by atoms with Crippen molar-refractivity contribution in [3.63, 3.8) is 0 Å². The maximum atomic E-state index is 13.8. The Morgan fingerprint density at radius 3 is 2.42 bits per heavy atom. The van der Waals surface area contributed by atoms with Gasteiger partial charge in [0.2, 0.25) is 5.91 Å². The van der Waals surface area contributed by atoms with Crippen LogP contribution >= 0.6 is 0 Å². The summed E-state index contributed by atoms with van der Waals surface area (Å²) in [5, 5.41) is 13.7. The second kappa shape index (κ2) is 13.2. The first-order valence-corrected chi connectivity index (χ1v) is 14.7. The van der Waals surface area contributed by atoms with Gasteiger partial charge >= 0.3 is 6.18 Å². The highest BCUT2D eigenvalue weighted by atomic mass is 19.4. The maximum absolute atomic E-state index is 13.8. The van der Waals surface area contributed by atoms with E-state index in [4.69, 9.17) is 5.41 Å². The number of rotatable bonds is 10. The van der Waals surface area contributed by atoms with Gasteiger partial charge in [-0.2, -0.15) is 13.2 Å². The number of anilines is 2. The van der Waals surface area contributed by atoms with Gasteiger partial charge in [-0.25, -0.2) is 4.98 Å². The molecule has 3 heterocycles. The average Bonchev–Trinajstić information content (AvgIpc) is 3.75. The lowest BCUT2D eigenvalue weighted by Gasteiger charge is -2.34. The smallest absolute Gasteiger partial charge is 0.325 e. The first kappa shape index (κ1) is 31.9. The lowest BCUT2D eigenvalue weighted by Crippen LogP contribution is -2.45. The van der Waals surface area contributed by atoms with Crippen LogP contribution in [0.5, 0.6) is 0 Å². The molecule has 2 amide bonds. The lowest BCUT2D eigenvalue weighted by atomic mass is 10.0. The highest BCUT2D eigenvalue weighted by Gasteiger charge is 2.32. The molecule has 14 heteroatoms. The predicted molar refractivity (Wildman–Crippen MR) is 164 cm³/mol.